The van der Waals surface area contributed by atoms with Gasteiger partial charge >= 0.3 is 6.55 Å². The van der Waals surface area contributed by atoms with Gasteiger partial charge in [-0.15, -0.1) is 0 Å². The fraction of sp³-hybridized carbons (Fsp3) is 0.286. The molecule has 2 aromatic heterocycles. The van der Waals surface area contributed by atoms with Crippen molar-refractivity contribution in [3.05, 3.63) is 36.4 Å². The summed E-state index contributed by atoms with van der Waals surface area (Å²) in [5.41, 5.74) is 0.792. The summed E-state index contributed by atoms with van der Waals surface area (Å²) in [5, 5.41) is 0.248. The fourth-order valence-corrected chi connectivity index (χ4v) is 3.79. The minimum absolute atomic E-state index is 0.100. The normalized spacial score (nSPS) is 12.6. The minimum Gasteiger partial charge on any atom is -0.431 e. The summed E-state index contributed by atoms with van der Waals surface area (Å²) in [6.45, 7) is -2.67. The number of benzene rings is 1. The largest absolute Gasteiger partial charge is 0.431 e. The molecule has 1 aromatic carbocycles. The third-order valence-electron chi connectivity index (χ3n) is 3.40. The second-order valence-electron chi connectivity index (χ2n) is 5.21. The van der Waals surface area contributed by atoms with Crippen LogP contribution < -0.4 is 0 Å². The molecule has 2 heterocycles. The second-order valence-corrected chi connectivity index (χ2v) is 8.29. The highest BCUT2D eigenvalue weighted by Crippen LogP contribution is 2.28. The first-order valence-electron chi connectivity index (χ1n) is 7.05. The molecule has 0 fully saturated rings. The molecule has 0 aliphatic carbocycles. The van der Waals surface area contributed by atoms with Gasteiger partial charge in [0.1, 0.15) is 11.3 Å². The van der Waals surface area contributed by atoms with E-state index in [0.717, 1.165) is 20.6 Å². The number of thioether (sulfide) groups is 1. The highest BCUT2D eigenvalue weighted by molar-refractivity contribution is 7.98. The molecule has 11 heteroatoms. The molecular formula is C14H14F2N4O3S2. The van der Waals surface area contributed by atoms with Crippen molar-refractivity contribution in [3.8, 4) is 0 Å². The molecule has 3 rings (SSSR count). The van der Waals surface area contributed by atoms with Gasteiger partial charge in [0.25, 0.3) is 5.22 Å². The van der Waals surface area contributed by atoms with E-state index in [0.29, 0.717) is 11.1 Å². The summed E-state index contributed by atoms with van der Waals surface area (Å²) < 4.78 is 57.2. The number of fused-ring (bicyclic) bond motifs is 1. The molecule has 0 radical (unpaired) electrons. The zero-order valence-electron chi connectivity index (χ0n) is 13.3. The quantitative estimate of drug-likeness (QED) is 0.604. The topological polar surface area (TPSA) is 81.2 Å². The van der Waals surface area contributed by atoms with E-state index in [9.17, 15) is 17.2 Å². The Morgan fingerprint density at radius 3 is 2.80 bits per heavy atom. The molecular weight excluding hydrogens is 374 g/mol. The lowest BCUT2D eigenvalue weighted by atomic mass is 10.3. The first-order valence-corrected chi connectivity index (χ1v) is 9.47. The smallest absolute Gasteiger partial charge is 0.319 e. The number of nitrogens with zero attached hydrogens (tertiary/aromatic N) is 4. The number of oxazole rings is 1. The average Bonchev–Trinajstić information content (AvgIpc) is 3.18. The van der Waals surface area contributed by atoms with Crippen LogP contribution in [0.15, 0.2) is 45.1 Å². The van der Waals surface area contributed by atoms with Gasteiger partial charge in [0.05, 0.1) is 10.6 Å². The number of aromatic nitrogens is 3. The van der Waals surface area contributed by atoms with Crippen LogP contribution in [0.4, 0.5) is 8.78 Å². The Labute approximate surface area is 146 Å². The molecule has 7 nitrogen and oxygen atoms in total. The second kappa shape index (κ2) is 6.73. The highest BCUT2D eigenvalue weighted by atomic mass is 32.2. The Balaban J connectivity index is 1.83. The number of sulfonamides is 1. The SMILES string of the molecule is CN(C)S(=O)(=O)c1ccc2oc(SCc3nccn3C(F)F)nc2c1. The lowest BCUT2D eigenvalue weighted by Gasteiger charge is -2.10. The molecule has 3 aromatic rings. The Hall–Kier alpha value is -1.98. The number of alkyl halides is 2. The Bertz CT molecular complexity index is 999. The maximum Gasteiger partial charge on any atom is 0.319 e. The van der Waals surface area contributed by atoms with Crippen LogP contribution in [0.3, 0.4) is 0 Å². The molecule has 0 N–H and O–H groups in total. The minimum atomic E-state index is -3.57. The number of rotatable bonds is 6. The van der Waals surface area contributed by atoms with Crippen molar-refractivity contribution >= 4 is 32.9 Å². The van der Waals surface area contributed by atoms with Gasteiger partial charge in [0.15, 0.2) is 5.58 Å². The number of halogens is 2. The standard InChI is InChI=1S/C14H14F2N4O3S2/c1-19(2)25(21,22)9-3-4-11-10(7-9)18-14(23-11)24-8-12-17-5-6-20(12)13(15)16/h3-7,13H,8H2,1-2H3. The summed E-state index contributed by atoms with van der Waals surface area (Å²) in [6.07, 6.45) is 2.50. The van der Waals surface area contributed by atoms with Gasteiger partial charge in [0, 0.05) is 26.5 Å². The van der Waals surface area contributed by atoms with Crippen molar-refractivity contribution < 1.29 is 21.6 Å². The van der Waals surface area contributed by atoms with E-state index in [2.05, 4.69) is 9.97 Å². The first kappa shape index (κ1) is 17.8. The molecule has 0 amide bonds. The first-order chi connectivity index (χ1) is 11.8. The molecule has 134 valence electrons. The van der Waals surface area contributed by atoms with Crippen molar-refractivity contribution in [3.63, 3.8) is 0 Å². The van der Waals surface area contributed by atoms with E-state index in [1.165, 1.54) is 44.7 Å². The summed E-state index contributed by atoms with van der Waals surface area (Å²) in [5.74, 6) is 0.339. The predicted molar refractivity (Wildman–Crippen MR) is 87.9 cm³/mol. The van der Waals surface area contributed by atoms with E-state index in [-0.39, 0.29) is 21.7 Å². The van der Waals surface area contributed by atoms with Crippen LogP contribution in [0.5, 0.6) is 0 Å². The molecule has 0 bridgehead atoms. The van der Waals surface area contributed by atoms with E-state index >= 15 is 0 Å². The van der Waals surface area contributed by atoms with Crippen LogP contribution in [0.1, 0.15) is 12.4 Å². The zero-order chi connectivity index (χ0) is 18.2. The number of hydrogen-bond donors (Lipinski definition) is 0. The van der Waals surface area contributed by atoms with Crippen molar-refractivity contribution in [1.29, 1.82) is 0 Å². The zero-order valence-corrected chi connectivity index (χ0v) is 14.9. The Morgan fingerprint density at radius 2 is 2.12 bits per heavy atom. The maximum absolute atomic E-state index is 12.8. The van der Waals surface area contributed by atoms with E-state index < -0.39 is 16.6 Å². The Morgan fingerprint density at radius 1 is 1.36 bits per heavy atom. The molecule has 0 aliphatic rings. The van der Waals surface area contributed by atoms with Crippen molar-refractivity contribution in [2.45, 2.75) is 22.4 Å². The van der Waals surface area contributed by atoms with Gasteiger partial charge in [-0.3, -0.25) is 4.57 Å². The third-order valence-corrected chi connectivity index (χ3v) is 6.04. The van der Waals surface area contributed by atoms with Gasteiger partial charge in [-0.05, 0) is 18.2 Å². The van der Waals surface area contributed by atoms with Gasteiger partial charge in [-0.1, -0.05) is 11.8 Å². The number of imidazole rings is 1. The van der Waals surface area contributed by atoms with E-state index in [1.807, 2.05) is 0 Å². The Kier molecular flexibility index (Phi) is 4.80. The number of hydrogen-bond acceptors (Lipinski definition) is 6. The van der Waals surface area contributed by atoms with Gasteiger partial charge in [-0.25, -0.2) is 22.7 Å². The molecule has 0 atom stereocenters. The molecule has 0 saturated carbocycles. The van der Waals surface area contributed by atoms with Crippen LogP contribution in [0.2, 0.25) is 0 Å². The van der Waals surface area contributed by atoms with E-state index in [4.69, 9.17) is 4.42 Å². The summed E-state index contributed by atoms with van der Waals surface area (Å²) in [7, 11) is -0.695. The highest BCUT2D eigenvalue weighted by Gasteiger charge is 2.19. The molecule has 25 heavy (non-hydrogen) atoms. The molecule has 0 aliphatic heterocycles. The average molecular weight is 388 g/mol. The van der Waals surface area contributed by atoms with Gasteiger partial charge in [-0.2, -0.15) is 8.78 Å². The van der Waals surface area contributed by atoms with Crippen molar-refractivity contribution in [1.82, 2.24) is 18.8 Å². The predicted octanol–water partition coefficient (Wildman–Crippen LogP) is 2.96. The van der Waals surface area contributed by atoms with Crippen LogP contribution in [-0.4, -0.2) is 41.4 Å². The van der Waals surface area contributed by atoms with Crippen LogP contribution in [0, 0.1) is 0 Å². The maximum atomic E-state index is 12.8. The van der Waals surface area contributed by atoms with Crippen LogP contribution in [0.25, 0.3) is 11.1 Å². The van der Waals surface area contributed by atoms with Crippen LogP contribution >= 0.6 is 11.8 Å². The van der Waals surface area contributed by atoms with Gasteiger partial charge in [0.2, 0.25) is 10.0 Å². The van der Waals surface area contributed by atoms with Crippen molar-refractivity contribution in [2.75, 3.05) is 14.1 Å². The monoisotopic (exact) mass is 388 g/mol. The molecule has 0 unspecified atom stereocenters. The summed E-state index contributed by atoms with van der Waals surface area (Å²) in [4.78, 5) is 8.19. The fourth-order valence-electron chi connectivity index (χ4n) is 2.08. The lowest BCUT2D eigenvalue weighted by Crippen LogP contribution is -2.22. The summed E-state index contributed by atoms with van der Waals surface area (Å²) >= 11 is 1.10. The third kappa shape index (κ3) is 3.53. The molecule has 0 spiro atoms. The van der Waals surface area contributed by atoms with Crippen molar-refractivity contribution in [2.24, 2.45) is 0 Å². The van der Waals surface area contributed by atoms with E-state index in [1.54, 1.807) is 0 Å². The van der Waals surface area contributed by atoms with Crippen LogP contribution in [-0.2, 0) is 15.8 Å². The molecule has 0 saturated heterocycles. The summed E-state index contributed by atoms with van der Waals surface area (Å²) in [6, 6.07) is 4.36. The lowest BCUT2D eigenvalue weighted by molar-refractivity contribution is 0.0678. The van der Waals surface area contributed by atoms with Gasteiger partial charge < -0.3 is 4.42 Å².